The number of aryl methyl sites for hydroxylation is 1. The van der Waals surface area contributed by atoms with Gasteiger partial charge >= 0.3 is 5.97 Å². The van der Waals surface area contributed by atoms with E-state index in [2.05, 4.69) is 20.3 Å². The summed E-state index contributed by atoms with van der Waals surface area (Å²) >= 11 is 0. The number of nitrogens with one attached hydrogen (secondary N) is 2. The third-order valence-corrected chi connectivity index (χ3v) is 8.19. The molecule has 7 rings (SSSR count). The smallest absolute Gasteiger partial charge is 0.341 e. The highest BCUT2D eigenvalue weighted by Gasteiger charge is 2.44. The molecule has 3 atom stereocenters. The highest BCUT2D eigenvalue weighted by molar-refractivity contribution is 6.18. The maximum atomic E-state index is 15.6. The number of carboxylic acid groups (broad SMARTS) is 1. The average molecular weight is 563 g/mol. The number of carbonyl (C=O) groups is 1. The maximum Gasteiger partial charge on any atom is 0.341 e. The number of aromatic carboxylic acids is 1. The Kier molecular flexibility index (Phi) is 5.53. The molecule has 0 aliphatic carbocycles. The van der Waals surface area contributed by atoms with Gasteiger partial charge in [0, 0.05) is 68.9 Å². The third kappa shape index (κ3) is 3.62. The van der Waals surface area contributed by atoms with E-state index >= 15 is 4.39 Å². The Hall–Kier alpha value is -4.62. The van der Waals surface area contributed by atoms with Crippen LogP contribution in [0.4, 0.5) is 20.2 Å². The van der Waals surface area contributed by atoms with E-state index in [1.54, 1.807) is 20.3 Å². The Morgan fingerprint density at radius 2 is 2.00 bits per heavy atom. The van der Waals surface area contributed by atoms with Gasteiger partial charge in [-0.05, 0) is 6.07 Å². The lowest BCUT2D eigenvalue weighted by Gasteiger charge is -2.24. The van der Waals surface area contributed by atoms with Crippen LogP contribution in [0, 0.1) is 17.6 Å². The van der Waals surface area contributed by atoms with Crippen LogP contribution < -0.4 is 15.6 Å². The summed E-state index contributed by atoms with van der Waals surface area (Å²) in [6.07, 6.45) is 3.37. The summed E-state index contributed by atoms with van der Waals surface area (Å²) in [5.41, 5.74) is 1.59. The predicted octanol–water partition coefficient (Wildman–Crippen LogP) is 2.84. The first kappa shape index (κ1) is 25.4. The Labute approximate surface area is 230 Å². The number of ether oxygens (including phenoxy) is 1. The maximum absolute atomic E-state index is 15.6. The summed E-state index contributed by atoms with van der Waals surface area (Å²) < 4.78 is 37.6. The van der Waals surface area contributed by atoms with E-state index in [0.29, 0.717) is 52.1 Å². The molecule has 210 valence electrons. The minimum Gasteiger partial charge on any atom is -0.477 e. The predicted molar refractivity (Wildman–Crippen MR) is 147 cm³/mol. The number of fused-ring (bicyclic) bond motifs is 5. The van der Waals surface area contributed by atoms with Crippen LogP contribution in [-0.2, 0) is 11.8 Å². The van der Waals surface area contributed by atoms with Crippen LogP contribution in [0.2, 0.25) is 0 Å². The monoisotopic (exact) mass is 562 g/mol. The summed E-state index contributed by atoms with van der Waals surface area (Å²) in [5.74, 6) is -3.63. The molecule has 1 aromatic carbocycles. The van der Waals surface area contributed by atoms with Crippen molar-refractivity contribution in [2.24, 2.45) is 13.0 Å². The normalized spacial score (nSPS) is 20.4. The Bertz CT molecular complexity index is 1990. The van der Waals surface area contributed by atoms with E-state index in [-0.39, 0.29) is 35.0 Å². The van der Waals surface area contributed by atoms with E-state index in [1.165, 1.54) is 23.0 Å². The van der Waals surface area contributed by atoms with E-state index < -0.39 is 34.7 Å². The fraction of sp³-hybridized carbons (Fsp3) is 0.286. The molecule has 5 aromatic rings. The van der Waals surface area contributed by atoms with Crippen molar-refractivity contribution in [3.05, 3.63) is 58.1 Å². The van der Waals surface area contributed by atoms with Gasteiger partial charge in [0.15, 0.2) is 11.6 Å². The molecule has 2 aliphatic rings. The minimum atomic E-state index is -1.36. The van der Waals surface area contributed by atoms with Crippen LogP contribution in [-0.4, -0.2) is 74.7 Å². The highest BCUT2D eigenvalue weighted by atomic mass is 19.2. The van der Waals surface area contributed by atoms with Gasteiger partial charge in [0.2, 0.25) is 5.43 Å². The van der Waals surface area contributed by atoms with E-state index in [4.69, 9.17) is 4.74 Å². The Morgan fingerprint density at radius 1 is 1.20 bits per heavy atom. The van der Waals surface area contributed by atoms with Gasteiger partial charge in [-0.15, -0.1) is 0 Å². The summed E-state index contributed by atoms with van der Waals surface area (Å²) in [6.45, 7) is 0.985. The quantitative estimate of drug-likeness (QED) is 0.260. The van der Waals surface area contributed by atoms with Crippen molar-refractivity contribution in [1.29, 1.82) is 0 Å². The highest BCUT2D eigenvalue weighted by Crippen LogP contribution is 2.45. The molecule has 4 aromatic heterocycles. The molecule has 0 radical (unpaired) electrons. The molecule has 0 saturated carbocycles. The molecule has 0 bridgehead atoms. The second-order valence-electron chi connectivity index (χ2n) is 10.5. The molecule has 2 aliphatic heterocycles. The number of aliphatic hydroxyl groups is 1. The number of hydrogen-bond donors (Lipinski definition) is 4. The van der Waals surface area contributed by atoms with Crippen LogP contribution in [0.3, 0.4) is 0 Å². The molecular weight excluding hydrogens is 538 g/mol. The Balaban J connectivity index is 1.55. The van der Waals surface area contributed by atoms with Gasteiger partial charge in [-0.3, -0.25) is 4.79 Å². The molecule has 0 amide bonds. The molecule has 0 spiro atoms. The largest absolute Gasteiger partial charge is 0.477 e. The number of anilines is 2. The van der Waals surface area contributed by atoms with E-state index in [9.17, 15) is 24.2 Å². The number of rotatable bonds is 4. The zero-order valence-electron chi connectivity index (χ0n) is 21.9. The number of benzene rings is 1. The average Bonchev–Trinajstić information content (AvgIpc) is 3.65. The summed E-state index contributed by atoms with van der Waals surface area (Å²) in [4.78, 5) is 38.9. The van der Waals surface area contributed by atoms with Crippen molar-refractivity contribution >= 4 is 50.3 Å². The SMILES string of the molecule is CNc1cc(F)c(F)c2c1[nH]c1ncc(-c3cnc4c(c3)c(=O)c(C(=O)O)cn4C)c(N3C[C@@H]4C(O)CO[C@@H]4C3)c12. The lowest BCUT2D eigenvalue weighted by Crippen LogP contribution is -2.26. The van der Waals surface area contributed by atoms with Gasteiger partial charge in [0.1, 0.15) is 16.9 Å². The summed E-state index contributed by atoms with van der Waals surface area (Å²) in [6, 6.07) is 2.61. The van der Waals surface area contributed by atoms with Gasteiger partial charge in [-0.25, -0.2) is 23.5 Å². The molecular formula is C28H24F2N6O5. The van der Waals surface area contributed by atoms with Crippen LogP contribution in [0.25, 0.3) is 44.1 Å². The van der Waals surface area contributed by atoms with Gasteiger partial charge < -0.3 is 34.7 Å². The zero-order valence-corrected chi connectivity index (χ0v) is 21.9. The van der Waals surface area contributed by atoms with Crippen molar-refractivity contribution in [2.45, 2.75) is 12.2 Å². The first-order chi connectivity index (χ1) is 19.7. The van der Waals surface area contributed by atoms with Crippen molar-refractivity contribution in [3.63, 3.8) is 0 Å². The van der Waals surface area contributed by atoms with Crippen molar-refractivity contribution < 1.29 is 28.5 Å². The van der Waals surface area contributed by atoms with Crippen LogP contribution in [0.1, 0.15) is 10.4 Å². The van der Waals surface area contributed by atoms with Crippen molar-refractivity contribution in [1.82, 2.24) is 19.5 Å². The van der Waals surface area contributed by atoms with Gasteiger partial charge in [0.05, 0.1) is 51.9 Å². The first-order valence-electron chi connectivity index (χ1n) is 13.0. The lowest BCUT2D eigenvalue weighted by molar-refractivity contribution is 0.0695. The van der Waals surface area contributed by atoms with Crippen LogP contribution in [0.5, 0.6) is 0 Å². The number of carboxylic acids is 1. The fourth-order valence-electron chi connectivity index (χ4n) is 6.22. The molecule has 11 nitrogen and oxygen atoms in total. The number of nitrogens with zero attached hydrogens (tertiary/aromatic N) is 4. The standard InChI is InChI=1S/C28H24F2N6O5/c1-31-17-4-16(29)22(30)20-21-24(36-8-14-18(37)10-41-19(14)9-36)13(6-32-26(21)34-23(17)20)11-3-12-25(38)15(28(39)40)7-35(2)27(12)33-5-11/h3-7,14,18-19,31,37H,8-10H2,1-2H3,(H,32,34)(H,39,40)/t14-,18?,19-/m1/s1. The second-order valence-corrected chi connectivity index (χ2v) is 10.5. The molecule has 13 heteroatoms. The van der Waals surface area contributed by atoms with Gasteiger partial charge in [-0.1, -0.05) is 0 Å². The number of aliphatic hydroxyl groups excluding tert-OH is 1. The minimum absolute atomic E-state index is 0.00468. The van der Waals surface area contributed by atoms with Crippen molar-refractivity contribution in [3.8, 4) is 11.1 Å². The van der Waals surface area contributed by atoms with Crippen LogP contribution >= 0.6 is 0 Å². The summed E-state index contributed by atoms with van der Waals surface area (Å²) in [5, 5.41) is 23.4. The van der Waals surface area contributed by atoms with Gasteiger partial charge in [0.25, 0.3) is 0 Å². The fourth-order valence-corrected chi connectivity index (χ4v) is 6.22. The van der Waals surface area contributed by atoms with E-state index in [0.717, 1.165) is 6.07 Å². The van der Waals surface area contributed by atoms with Gasteiger partial charge in [-0.2, -0.15) is 0 Å². The second kappa shape index (κ2) is 8.94. The molecule has 2 saturated heterocycles. The Morgan fingerprint density at radius 3 is 2.73 bits per heavy atom. The number of aromatic nitrogens is 4. The number of H-pyrrole nitrogens is 1. The number of hydrogen-bond acceptors (Lipinski definition) is 8. The lowest BCUT2D eigenvalue weighted by atomic mass is 10.0. The molecule has 2 fully saturated rings. The number of pyridine rings is 3. The van der Waals surface area contributed by atoms with Crippen LogP contribution in [0.15, 0.2) is 35.5 Å². The topological polar surface area (TPSA) is 146 Å². The molecule has 1 unspecified atom stereocenters. The molecule has 41 heavy (non-hydrogen) atoms. The van der Waals surface area contributed by atoms with Crippen molar-refractivity contribution in [2.75, 3.05) is 37.0 Å². The number of halogens is 2. The molecule has 6 heterocycles. The summed E-state index contributed by atoms with van der Waals surface area (Å²) in [7, 11) is 3.20. The van der Waals surface area contributed by atoms with E-state index in [1.807, 2.05) is 4.90 Å². The zero-order chi connectivity index (χ0) is 28.7. The third-order valence-electron chi connectivity index (χ3n) is 8.19. The molecule has 4 N–H and O–H groups in total. The number of aromatic amines is 1. The first-order valence-corrected chi connectivity index (χ1v) is 13.0.